The largest absolute Gasteiger partial charge is 0.478 e. The fraction of sp³-hybridized carbons (Fsp3) is 0.286. The molecule has 0 atom stereocenters. The van der Waals surface area contributed by atoms with Crippen molar-refractivity contribution in [2.75, 3.05) is 18.4 Å². The van der Waals surface area contributed by atoms with Gasteiger partial charge in [-0.2, -0.15) is 0 Å². The van der Waals surface area contributed by atoms with E-state index in [0.717, 1.165) is 31.5 Å². The van der Waals surface area contributed by atoms with Crippen LogP contribution in [0.3, 0.4) is 0 Å². The van der Waals surface area contributed by atoms with Crippen LogP contribution in [0.4, 0.5) is 5.69 Å². The Bertz CT molecular complexity index is 886. The van der Waals surface area contributed by atoms with Gasteiger partial charge in [-0.15, -0.1) is 0 Å². The summed E-state index contributed by atoms with van der Waals surface area (Å²) < 4.78 is 0. The number of carbonyl (C=O) groups excluding carboxylic acids is 2. The zero-order valence-electron chi connectivity index (χ0n) is 15.2. The van der Waals surface area contributed by atoms with E-state index in [4.69, 9.17) is 0 Å². The summed E-state index contributed by atoms with van der Waals surface area (Å²) in [5.74, 6) is -1.50. The number of aryl methyl sites for hydroxylation is 1. The van der Waals surface area contributed by atoms with Crippen LogP contribution in [0.25, 0.3) is 0 Å². The van der Waals surface area contributed by atoms with Crippen LogP contribution in [-0.4, -0.2) is 40.9 Å². The smallest absolute Gasteiger partial charge is 0.335 e. The minimum Gasteiger partial charge on any atom is -0.478 e. The lowest BCUT2D eigenvalue weighted by Gasteiger charge is -2.20. The number of carbonyl (C=O) groups is 3. The Morgan fingerprint density at radius 3 is 2.44 bits per heavy atom. The van der Waals surface area contributed by atoms with E-state index in [1.807, 2.05) is 13.0 Å². The van der Waals surface area contributed by atoms with Crippen LogP contribution in [0.2, 0.25) is 0 Å². The molecule has 27 heavy (non-hydrogen) atoms. The highest BCUT2D eigenvalue weighted by Gasteiger charge is 2.24. The first-order chi connectivity index (χ1) is 13.0. The summed E-state index contributed by atoms with van der Waals surface area (Å²) in [5, 5.41) is 12.1. The molecule has 1 fully saturated rings. The molecule has 0 aliphatic carbocycles. The number of benzene rings is 2. The van der Waals surface area contributed by atoms with Crippen molar-refractivity contribution in [1.82, 2.24) is 4.90 Å². The zero-order chi connectivity index (χ0) is 19.4. The Balaban J connectivity index is 1.82. The number of carboxylic acids is 1. The number of amides is 2. The van der Waals surface area contributed by atoms with E-state index in [-0.39, 0.29) is 23.8 Å². The molecule has 2 aromatic rings. The number of hydrogen-bond acceptors (Lipinski definition) is 3. The molecule has 6 heteroatoms. The minimum absolute atomic E-state index is 0.0756. The van der Waals surface area contributed by atoms with E-state index in [0.29, 0.717) is 16.8 Å². The summed E-state index contributed by atoms with van der Waals surface area (Å²) in [7, 11) is 0. The van der Waals surface area contributed by atoms with Gasteiger partial charge in [-0.25, -0.2) is 4.79 Å². The van der Waals surface area contributed by atoms with Crippen molar-refractivity contribution in [2.24, 2.45) is 0 Å². The minimum atomic E-state index is -1.07. The number of likely N-dealkylation sites (tertiary alicyclic amines) is 1. The molecular formula is C21H22N2O4. The second kappa shape index (κ2) is 8.03. The summed E-state index contributed by atoms with van der Waals surface area (Å²) >= 11 is 0. The van der Waals surface area contributed by atoms with Crippen LogP contribution >= 0.6 is 0 Å². The number of carboxylic acid groups (broad SMARTS) is 1. The Morgan fingerprint density at radius 2 is 1.74 bits per heavy atom. The average molecular weight is 366 g/mol. The van der Waals surface area contributed by atoms with Gasteiger partial charge in [-0.3, -0.25) is 9.59 Å². The van der Waals surface area contributed by atoms with Crippen molar-refractivity contribution in [3.63, 3.8) is 0 Å². The van der Waals surface area contributed by atoms with Gasteiger partial charge in [0.15, 0.2) is 0 Å². The van der Waals surface area contributed by atoms with Crippen molar-refractivity contribution >= 4 is 23.5 Å². The number of anilines is 1. The Kier molecular flexibility index (Phi) is 5.54. The van der Waals surface area contributed by atoms with Gasteiger partial charge in [0.2, 0.25) is 5.91 Å². The van der Waals surface area contributed by atoms with Crippen molar-refractivity contribution in [2.45, 2.75) is 26.2 Å². The summed E-state index contributed by atoms with van der Waals surface area (Å²) in [6.07, 6.45) is 1.91. The summed E-state index contributed by atoms with van der Waals surface area (Å²) in [5.41, 5.74) is 2.30. The Morgan fingerprint density at radius 1 is 1.04 bits per heavy atom. The van der Waals surface area contributed by atoms with E-state index in [1.165, 1.54) is 6.07 Å². The highest BCUT2D eigenvalue weighted by molar-refractivity contribution is 6.05. The monoisotopic (exact) mass is 366 g/mol. The number of nitrogens with one attached hydrogen (secondary N) is 1. The van der Waals surface area contributed by atoms with Crippen LogP contribution in [-0.2, 0) is 11.2 Å². The molecule has 1 aliphatic heterocycles. The second-order valence-electron chi connectivity index (χ2n) is 6.68. The standard InChI is InChI=1S/C21H22N2O4/c1-14-7-6-10-17(19(14)20(25)23-11-4-5-12-23)22-18(24)13-15-8-2-3-9-16(15)21(26)27/h2-3,6-10H,4-5,11-13H2,1H3,(H,22,24)(H,26,27). The van der Waals surface area contributed by atoms with E-state index in [1.54, 1.807) is 35.2 Å². The second-order valence-corrected chi connectivity index (χ2v) is 6.68. The molecule has 0 aromatic heterocycles. The van der Waals surface area contributed by atoms with Crippen LogP contribution in [0.1, 0.15) is 44.7 Å². The number of hydrogen-bond donors (Lipinski definition) is 2. The third kappa shape index (κ3) is 4.16. The number of rotatable bonds is 5. The van der Waals surface area contributed by atoms with Gasteiger partial charge in [0.05, 0.1) is 23.2 Å². The van der Waals surface area contributed by atoms with E-state index in [9.17, 15) is 19.5 Å². The quantitative estimate of drug-likeness (QED) is 0.851. The Hall–Kier alpha value is -3.15. The molecule has 2 amide bonds. The fourth-order valence-corrected chi connectivity index (χ4v) is 3.38. The molecule has 1 aliphatic rings. The fourth-order valence-electron chi connectivity index (χ4n) is 3.38. The van der Waals surface area contributed by atoms with Crippen molar-refractivity contribution in [3.05, 3.63) is 64.7 Å². The number of aromatic carboxylic acids is 1. The molecule has 0 bridgehead atoms. The molecule has 6 nitrogen and oxygen atoms in total. The lowest BCUT2D eigenvalue weighted by atomic mass is 10.0. The van der Waals surface area contributed by atoms with Crippen LogP contribution in [0.5, 0.6) is 0 Å². The molecule has 140 valence electrons. The normalized spacial score (nSPS) is 13.4. The van der Waals surface area contributed by atoms with Crippen molar-refractivity contribution in [1.29, 1.82) is 0 Å². The van der Waals surface area contributed by atoms with Gasteiger partial charge in [0, 0.05) is 13.1 Å². The molecule has 2 N–H and O–H groups in total. The van der Waals surface area contributed by atoms with Gasteiger partial charge in [0.1, 0.15) is 0 Å². The van der Waals surface area contributed by atoms with Gasteiger partial charge in [-0.1, -0.05) is 30.3 Å². The molecule has 2 aromatic carbocycles. The summed E-state index contributed by atoms with van der Waals surface area (Å²) in [6.45, 7) is 3.30. The highest BCUT2D eigenvalue weighted by Crippen LogP contribution is 2.24. The molecule has 0 radical (unpaired) electrons. The van der Waals surface area contributed by atoms with Crippen LogP contribution in [0.15, 0.2) is 42.5 Å². The Labute approximate surface area is 157 Å². The van der Waals surface area contributed by atoms with Gasteiger partial charge >= 0.3 is 5.97 Å². The van der Waals surface area contributed by atoms with E-state index < -0.39 is 5.97 Å². The van der Waals surface area contributed by atoms with Gasteiger partial charge in [0.25, 0.3) is 5.91 Å². The third-order valence-electron chi connectivity index (χ3n) is 4.75. The lowest BCUT2D eigenvalue weighted by molar-refractivity contribution is -0.115. The molecule has 1 heterocycles. The predicted molar refractivity (Wildman–Crippen MR) is 102 cm³/mol. The topological polar surface area (TPSA) is 86.7 Å². The van der Waals surface area contributed by atoms with Crippen LogP contribution < -0.4 is 5.32 Å². The molecular weight excluding hydrogens is 344 g/mol. The molecule has 0 spiro atoms. The first-order valence-corrected chi connectivity index (χ1v) is 8.97. The van der Waals surface area contributed by atoms with Gasteiger partial charge < -0.3 is 15.3 Å². The molecule has 0 unspecified atom stereocenters. The first-order valence-electron chi connectivity index (χ1n) is 8.97. The molecule has 3 rings (SSSR count). The summed E-state index contributed by atoms with van der Waals surface area (Å²) in [4.78, 5) is 38.5. The predicted octanol–water partition coefficient (Wildman–Crippen LogP) is 3.11. The average Bonchev–Trinajstić information content (AvgIpc) is 3.16. The zero-order valence-corrected chi connectivity index (χ0v) is 15.2. The third-order valence-corrected chi connectivity index (χ3v) is 4.75. The SMILES string of the molecule is Cc1cccc(NC(=O)Cc2ccccc2C(=O)O)c1C(=O)N1CCCC1. The van der Waals surface area contributed by atoms with Crippen LogP contribution in [0, 0.1) is 6.92 Å². The first kappa shape index (κ1) is 18.6. The maximum Gasteiger partial charge on any atom is 0.335 e. The van der Waals surface area contributed by atoms with Crippen molar-refractivity contribution < 1.29 is 19.5 Å². The molecule has 0 saturated carbocycles. The molecule has 1 saturated heterocycles. The maximum atomic E-state index is 12.9. The highest BCUT2D eigenvalue weighted by atomic mass is 16.4. The van der Waals surface area contributed by atoms with E-state index in [2.05, 4.69) is 5.32 Å². The number of nitrogens with zero attached hydrogens (tertiary/aromatic N) is 1. The van der Waals surface area contributed by atoms with Crippen molar-refractivity contribution in [3.8, 4) is 0 Å². The summed E-state index contributed by atoms with van der Waals surface area (Å²) in [6, 6.07) is 11.8. The van der Waals surface area contributed by atoms with E-state index >= 15 is 0 Å². The van der Waals surface area contributed by atoms with Gasteiger partial charge in [-0.05, 0) is 43.0 Å². The maximum absolute atomic E-state index is 12.9. The lowest BCUT2D eigenvalue weighted by Crippen LogP contribution is -2.29.